The third kappa shape index (κ3) is 4.13. The summed E-state index contributed by atoms with van der Waals surface area (Å²) >= 11 is 0. The smallest absolute Gasteiger partial charge is 0.148 e. The van der Waals surface area contributed by atoms with Crippen LogP contribution in [0.3, 0.4) is 0 Å². The highest BCUT2D eigenvalue weighted by Crippen LogP contribution is 2.41. The molecular weight excluding hydrogens is 234 g/mol. The van der Waals surface area contributed by atoms with Crippen molar-refractivity contribution in [3.05, 3.63) is 35.4 Å². The molecule has 3 nitrogen and oxygen atoms in total. The average Bonchev–Trinajstić information content (AvgIpc) is 3.07. The summed E-state index contributed by atoms with van der Waals surface area (Å²) in [6, 6.07) is 8.43. The maximum Gasteiger partial charge on any atom is 0.148 e. The summed E-state index contributed by atoms with van der Waals surface area (Å²) < 4.78 is 22.0. The fourth-order valence-electron chi connectivity index (χ4n) is 1.97. The molecule has 1 aliphatic rings. The van der Waals surface area contributed by atoms with Crippen LogP contribution < -0.4 is 5.32 Å². The van der Waals surface area contributed by atoms with Crippen LogP contribution in [0.15, 0.2) is 24.3 Å². The van der Waals surface area contributed by atoms with Gasteiger partial charge in [-0.25, -0.2) is 8.42 Å². The van der Waals surface area contributed by atoms with E-state index in [0.717, 1.165) is 12.5 Å². The van der Waals surface area contributed by atoms with Crippen LogP contribution in [-0.4, -0.2) is 27.0 Å². The topological polar surface area (TPSA) is 46.2 Å². The van der Waals surface area contributed by atoms with Crippen LogP contribution in [0, 0.1) is 0 Å². The second-order valence-corrected chi connectivity index (χ2v) is 7.04. The van der Waals surface area contributed by atoms with E-state index in [1.807, 2.05) is 6.07 Å². The van der Waals surface area contributed by atoms with E-state index >= 15 is 0 Å². The second-order valence-electron chi connectivity index (χ2n) is 4.78. The van der Waals surface area contributed by atoms with Crippen LogP contribution >= 0.6 is 0 Å². The van der Waals surface area contributed by atoms with E-state index < -0.39 is 9.84 Å². The molecule has 0 radical (unpaired) electrons. The van der Waals surface area contributed by atoms with Crippen molar-refractivity contribution in [3.8, 4) is 0 Å². The largest absolute Gasteiger partial charge is 0.312 e. The molecule has 0 unspecified atom stereocenters. The van der Waals surface area contributed by atoms with Crippen molar-refractivity contribution in [1.82, 2.24) is 5.32 Å². The Labute approximate surface area is 103 Å². The molecular formula is C13H19NO2S. The Kier molecular flexibility index (Phi) is 3.84. The van der Waals surface area contributed by atoms with Crippen molar-refractivity contribution in [1.29, 1.82) is 0 Å². The molecule has 1 aromatic rings. The third-order valence-corrected chi connectivity index (χ3v) is 3.98. The fraction of sp³-hybridized carbons (Fsp3) is 0.538. The van der Waals surface area contributed by atoms with Gasteiger partial charge in [-0.05, 0) is 29.9 Å². The molecule has 1 saturated carbocycles. The summed E-state index contributed by atoms with van der Waals surface area (Å²) in [7, 11) is -2.86. The minimum atomic E-state index is -2.86. The van der Waals surface area contributed by atoms with Crippen molar-refractivity contribution in [2.45, 2.75) is 25.3 Å². The molecule has 0 spiro atoms. The summed E-state index contributed by atoms with van der Waals surface area (Å²) in [6.07, 6.45) is 3.85. The van der Waals surface area contributed by atoms with Gasteiger partial charge in [0.1, 0.15) is 9.84 Å². The first kappa shape index (κ1) is 12.6. The quantitative estimate of drug-likeness (QED) is 0.785. The molecule has 0 bridgehead atoms. The molecule has 1 aliphatic carbocycles. The van der Waals surface area contributed by atoms with Gasteiger partial charge in [0.15, 0.2) is 0 Å². The Balaban J connectivity index is 1.86. The van der Waals surface area contributed by atoms with E-state index in [1.54, 1.807) is 0 Å². The lowest BCUT2D eigenvalue weighted by Gasteiger charge is -2.09. The number of nitrogens with one attached hydrogen (secondary N) is 1. The number of hydrogen-bond donors (Lipinski definition) is 1. The van der Waals surface area contributed by atoms with Gasteiger partial charge in [0.25, 0.3) is 0 Å². The van der Waals surface area contributed by atoms with E-state index in [-0.39, 0.29) is 5.75 Å². The number of hydrogen-bond acceptors (Lipinski definition) is 3. The lowest BCUT2D eigenvalue weighted by atomic mass is 10.0. The zero-order chi connectivity index (χ0) is 12.3. The minimum absolute atomic E-state index is 0.207. The fourth-order valence-corrected chi connectivity index (χ4v) is 2.48. The standard InChI is InChI=1S/C13H19NO2S/c1-17(15,16)9-8-14-10-12-4-2-3-5-13(12)11-6-7-11/h2-5,11,14H,6-10H2,1H3. The first-order valence-electron chi connectivity index (χ1n) is 6.02. The lowest BCUT2D eigenvalue weighted by molar-refractivity contribution is 0.596. The maximum atomic E-state index is 11.0. The van der Waals surface area contributed by atoms with Gasteiger partial charge >= 0.3 is 0 Å². The Morgan fingerprint density at radius 2 is 2.00 bits per heavy atom. The summed E-state index contributed by atoms with van der Waals surface area (Å²) in [4.78, 5) is 0. The third-order valence-electron chi connectivity index (χ3n) is 3.04. The molecule has 1 fully saturated rings. The highest BCUT2D eigenvalue weighted by molar-refractivity contribution is 7.90. The Morgan fingerprint density at radius 3 is 2.65 bits per heavy atom. The summed E-state index contributed by atoms with van der Waals surface area (Å²) in [5.74, 6) is 0.946. The van der Waals surface area contributed by atoms with Crippen molar-refractivity contribution < 1.29 is 8.42 Å². The average molecular weight is 253 g/mol. The van der Waals surface area contributed by atoms with E-state index in [0.29, 0.717) is 6.54 Å². The zero-order valence-electron chi connectivity index (χ0n) is 10.1. The van der Waals surface area contributed by atoms with Crippen molar-refractivity contribution in [2.75, 3.05) is 18.6 Å². The van der Waals surface area contributed by atoms with Gasteiger partial charge in [0, 0.05) is 19.3 Å². The second kappa shape index (κ2) is 5.19. The molecule has 0 saturated heterocycles. The molecule has 1 aromatic carbocycles. The SMILES string of the molecule is CS(=O)(=O)CCNCc1ccccc1C1CC1. The Morgan fingerprint density at radius 1 is 1.29 bits per heavy atom. The minimum Gasteiger partial charge on any atom is -0.312 e. The molecule has 4 heteroatoms. The van der Waals surface area contributed by atoms with Crippen LogP contribution in [0.5, 0.6) is 0 Å². The summed E-state index contributed by atoms with van der Waals surface area (Å²) in [5.41, 5.74) is 2.74. The van der Waals surface area contributed by atoms with Crippen LogP contribution in [-0.2, 0) is 16.4 Å². The summed E-state index contributed by atoms with van der Waals surface area (Å²) in [5, 5.41) is 3.20. The first-order chi connectivity index (χ1) is 8.06. The normalized spacial score (nSPS) is 16.1. The van der Waals surface area contributed by atoms with Crippen LogP contribution in [0.2, 0.25) is 0 Å². The highest BCUT2D eigenvalue weighted by Gasteiger charge is 2.25. The van der Waals surface area contributed by atoms with Gasteiger partial charge in [-0.2, -0.15) is 0 Å². The van der Waals surface area contributed by atoms with Gasteiger partial charge in [-0.15, -0.1) is 0 Å². The van der Waals surface area contributed by atoms with E-state index in [2.05, 4.69) is 23.5 Å². The highest BCUT2D eigenvalue weighted by atomic mass is 32.2. The molecule has 0 amide bonds. The van der Waals surface area contributed by atoms with Gasteiger partial charge in [-0.1, -0.05) is 24.3 Å². The van der Waals surface area contributed by atoms with Crippen LogP contribution in [0.1, 0.15) is 29.9 Å². The molecule has 0 atom stereocenters. The van der Waals surface area contributed by atoms with Gasteiger partial charge < -0.3 is 5.32 Å². The van der Waals surface area contributed by atoms with Gasteiger partial charge in [-0.3, -0.25) is 0 Å². The molecule has 1 N–H and O–H groups in total. The predicted molar refractivity (Wildman–Crippen MR) is 69.8 cm³/mol. The molecule has 17 heavy (non-hydrogen) atoms. The summed E-state index contributed by atoms with van der Waals surface area (Å²) in [6.45, 7) is 1.29. The van der Waals surface area contributed by atoms with E-state index in [9.17, 15) is 8.42 Å². The Bertz CT molecular complexity index is 478. The monoisotopic (exact) mass is 253 g/mol. The lowest BCUT2D eigenvalue weighted by Crippen LogP contribution is -2.22. The molecule has 0 aromatic heterocycles. The maximum absolute atomic E-state index is 11.0. The van der Waals surface area contributed by atoms with Crippen molar-refractivity contribution in [2.24, 2.45) is 0 Å². The van der Waals surface area contributed by atoms with Gasteiger partial charge in [0.2, 0.25) is 0 Å². The van der Waals surface area contributed by atoms with Crippen LogP contribution in [0.4, 0.5) is 0 Å². The predicted octanol–water partition coefficient (Wildman–Crippen LogP) is 1.70. The van der Waals surface area contributed by atoms with E-state index in [4.69, 9.17) is 0 Å². The molecule has 2 rings (SSSR count). The van der Waals surface area contributed by atoms with Crippen molar-refractivity contribution >= 4 is 9.84 Å². The van der Waals surface area contributed by atoms with Gasteiger partial charge in [0.05, 0.1) is 5.75 Å². The first-order valence-corrected chi connectivity index (χ1v) is 8.08. The molecule has 0 aliphatic heterocycles. The van der Waals surface area contributed by atoms with Crippen LogP contribution in [0.25, 0.3) is 0 Å². The number of rotatable bonds is 6. The zero-order valence-corrected chi connectivity index (χ0v) is 11.0. The molecule has 0 heterocycles. The number of sulfone groups is 1. The Hall–Kier alpha value is -0.870. The number of benzene rings is 1. The van der Waals surface area contributed by atoms with E-state index in [1.165, 1.54) is 30.2 Å². The molecule has 94 valence electrons. The van der Waals surface area contributed by atoms with Crippen molar-refractivity contribution in [3.63, 3.8) is 0 Å².